The first-order chi connectivity index (χ1) is 15.5. The van der Waals surface area contributed by atoms with E-state index in [1.165, 1.54) is 0 Å². The van der Waals surface area contributed by atoms with E-state index in [1.807, 2.05) is 13.0 Å². The van der Waals surface area contributed by atoms with Crippen LogP contribution in [0, 0.1) is 12.8 Å². The molecule has 2 aromatic rings. The number of halogens is 4. The Morgan fingerprint density at radius 3 is 2.00 bits per heavy atom. The lowest BCUT2D eigenvalue weighted by Crippen LogP contribution is -2.49. The molecule has 7 nitrogen and oxygen atoms in total. The van der Waals surface area contributed by atoms with Crippen LogP contribution in [0.1, 0.15) is 40.1 Å². The van der Waals surface area contributed by atoms with Crippen molar-refractivity contribution in [2.24, 2.45) is 5.92 Å². The Balaban J connectivity index is 1.81. The Bertz CT molecular complexity index is 1130. The fraction of sp³-hybridized carbons (Fsp3) is 0.273. The van der Waals surface area contributed by atoms with E-state index in [9.17, 15) is 19.2 Å². The largest absolute Gasteiger partial charge is 0.454 e. The maximum absolute atomic E-state index is 13.1. The molecular weight excluding hydrogens is 514 g/mol. The summed E-state index contributed by atoms with van der Waals surface area (Å²) in [6, 6.07) is 5.73. The molecule has 0 spiro atoms. The van der Waals surface area contributed by atoms with Gasteiger partial charge in [-0.25, -0.2) is 4.79 Å². The van der Waals surface area contributed by atoms with Gasteiger partial charge in [0.25, 0.3) is 17.7 Å². The summed E-state index contributed by atoms with van der Waals surface area (Å²) in [6.07, 6.45) is 0. The molecular formula is C22H18Cl4N2O5. The Kier molecular flexibility index (Phi) is 7.59. The first-order valence-electron chi connectivity index (χ1n) is 9.72. The van der Waals surface area contributed by atoms with Crippen molar-refractivity contribution in [3.8, 4) is 0 Å². The lowest BCUT2D eigenvalue weighted by atomic mass is 10.0. The minimum atomic E-state index is -1.34. The molecule has 3 rings (SSSR count). The molecule has 2 aromatic carbocycles. The van der Waals surface area contributed by atoms with Gasteiger partial charge in [0.1, 0.15) is 6.04 Å². The molecule has 0 bridgehead atoms. The average Bonchev–Trinajstić information content (AvgIpc) is 3.00. The number of nitrogens with zero attached hydrogens (tertiary/aromatic N) is 1. The summed E-state index contributed by atoms with van der Waals surface area (Å²) in [4.78, 5) is 51.9. The fourth-order valence-corrected chi connectivity index (χ4v) is 4.45. The van der Waals surface area contributed by atoms with Crippen molar-refractivity contribution >= 4 is 75.8 Å². The van der Waals surface area contributed by atoms with Crippen molar-refractivity contribution in [3.05, 3.63) is 61.0 Å². The van der Waals surface area contributed by atoms with Crippen molar-refractivity contribution < 1.29 is 23.9 Å². The lowest BCUT2D eigenvalue weighted by Gasteiger charge is -2.27. The standard InChI is InChI=1S/C22H18Cl4N2O5/c1-9(2)19(22(32)33-8-12(29)27-11-6-4-5-10(3)7-11)28-20(30)13-14(21(28)31)16(24)18(26)17(25)15(13)23/h4-7,9,19H,8H2,1-3H3,(H,27,29)/t19-/m0/s1. The minimum Gasteiger partial charge on any atom is -0.454 e. The highest BCUT2D eigenvalue weighted by Gasteiger charge is 2.48. The molecule has 1 aliphatic rings. The molecule has 0 aromatic heterocycles. The molecule has 0 radical (unpaired) electrons. The molecule has 3 amide bonds. The van der Waals surface area contributed by atoms with Crippen LogP contribution in [0.3, 0.4) is 0 Å². The molecule has 0 aliphatic carbocycles. The molecule has 174 valence electrons. The Morgan fingerprint density at radius 1 is 0.970 bits per heavy atom. The summed E-state index contributed by atoms with van der Waals surface area (Å²) in [5.41, 5.74) is 0.996. The number of rotatable bonds is 6. The third-order valence-corrected chi connectivity index (χ3v) is 6.73. The number of ether oxygens (including phenoxy) is 1. The summed E-state index contributed by atoms with van der Waals surface area (Å²) in [5.74, 6) is -3.80. The van der Waals surface area contributed by atoms with Crippen LogP contribution in [-0.4, -0.2) is 41.2 Å². The van der Waals surface area contributed by atoms with Gasteiger partial charge in [-0.1, -0.05) is 72.4 Å². The number of hydrogen-bond donors (Lipinski definition) is 1. The molecule has 1 heterocycles. The maximum atomic E-state index is 13.1. The maximum Gasteiger partial charge on any atom is 0.330 e. The molecule has 1 aliphatic heterocycles. The molecule has 0 unspecified atom stereocenters. The molecule has 1 atom stereocenters. The summed E-state index contributed by atoms with van der Waals surface area (Å²) < 4.78 is 5.13. The Hall–Kier alpha value is -2.32. The van der Waals surface area contributed by atoms with Gasteiger partial charge in [0.2, 0.25) is 0 Å². The van der Waals surface area contributed by atoms with Crippen LogP contribution < -0.4 is 5.32 Å². The van der Waals surface area contributed by atoms with Gasteiger partial charge in [0.05, 0.1) is 31.2 Å². The number of carbonyl (C=O) groups excluding carboxylic acids is 4. The predicted octanol–water partition coefficient (Wildman–Crippen LogP) is 5.41. The van der Waals surface area contributed by atoms with Crippen LogP contribution in [0.5, 0.6) is 0 Å². The van der Waals surface area contributed by atoms with E-state index in [2.05, 4.69) is 5.32 Å². The number of amides is 3. The van der Waals surface area contributed by atoms with Gasteiger partial charge in [-0.15, -0.1) is 0 Å². The van der Waals surface area contributed by atoms with Gasteiger partial charge in [-0.3, -0.25) is 19.3 Å². The van der Waals surface area contributed by atoms with Crippen LogP contribution in [0.15, 0.2) is 24.3 Å². The van der Waals surface area contributed by atoms with E-state index >= 15 is 0 Å². The highest BCUT2D eigenvalue weighted by Crippen LogP contribution is 2.45. The first kappa shape index (κ1) is 25.3. The lowest BCUT2D eigenvalue weighted by molar-refractivity contribution is -0.152. The predicted molar refractivity (Wildman–Crippen MR) is 126 cm³/mol. The quantitative estimate of drug-likeness (QED) is 0.233. The number of esters is 1. The van der Waals surface area contributed by atoms with Crippen LogP contribution in [0.25, 0.3) is 0 Å². The van der Waals surface area contributed by atoms with Crippen LogP contribution in [-0.2, 0) is 14.3 Å². The number of benzene rings is 2. The Morgan fingerprint density at radius 2 is 1.52 bits per heavy atom. The van der Waals surface area contributed by atoms with Crippen molar-refractivity contribution in [1.82, 2.24) is 4.90 Å². The fourth-order valence-electron chi connectivity index (χ4n) is 3.44. The van der Waals surface area contributed by atoms with Gasteiger partial charge in [-0.05, 0) is 30.5 Å². The third kappa shape index (κ3) is 4.82. The van der Waals surface area contributed by atoms with E-state index in [4.69, 9.17) is 51.1 Å². The average molecular weight is 532 g/mol. The summed E-state index contributed by atoms with van der Waals surface area (Å²) in [5, 5.41) is 1.77. The van der Waals surface area contributed by atoms with E-state index in [0.29, 0.717) is 10.6 Å². The topological polar surface area (TPSA) is 92.8 Å². The zero-order valence-corrected chi connectivity index (χ0v) is 20.7. The molecule has 33 heavy (non-hydrogen) atoms. The number of fused-ring (bicyclic) bond motifs is 1. The van der Waals surface area contributed by atoms with Crippen molar-refractivity contribution in [1.29, 1.82) is 0 Å². The van der Waals surface area contributed by atoms with Crippen LogP contribution in [0.4, 0.5) is 5.69 Å². The van der Waals surface area contributed by atoms with Gasteiger partial charge < -0.3 is 10.1 Å². The molecule has 0 saturated heterocycles. The van der Waals surface area contributed by atoms with E-state index in [1.54, 1.807) is 32.0 Å². The summed E-state index contributed by atoms with van der Waals surface area (Å²) in [6.45, 7) is 4.49. The van der Waals surface area contributed by atoms with E-state index in [-0.39, 0.29) is 31.2 Å². The van der Waals surface area contributed by atoms with Crippen molar-refractivity contribution in [2.75, 3.05) is 11.9 Å². The Labute approximate surface area is 209 Å². The molecule has 1 N–H and O–H groups in total. The number of carbonyl (C=O) groups is 4. The second-order valence-corrected chi connectivity index (χ2v) is 9.21. The second-order valence-electron chi connectivity index (χ2n) is 7.70. The number of imide groups is 1. The highest BCUT2D eigenvalue weighted by molar-refractivity contribution is 6.55. The van der Waals surface area contributed by atoms with E-state index in [0.717, 1.165) is 5.56 Å². The molecule has 11 heteroatoms. The normalized spacial score (nSPS) is 13.9. The zero-order valence-electron chi connectivity index (χ0n) is 17.7. The molecule has 0 saturated carbocycles. The van der Waals surface area contributed by atoms with E-state index < -0.39 is 42.3 Å². The minimum absolute atomic E-state index is 0.179. The second kappa shape index (κ2) is 9.89. The van der Waals surface area contributed by atoms with Crippen molar-refractivity contribution in [3.63, 3.8) is 0 Å². The summed E-state index contributed by atoms with van der Waals surface area (Å²) >= 11 is 24.4. The highest BCUT2D eigenvalue weighted by atomic mass is 35.5. The monoisotopic (exact) mass is 530 g/mol. The number of aryl methyl sites for hydroxylation is 1. The molecule has 0 fully saturated rings. The smallest absolute Gasteiger partial charge is 0.330 e. The zero-order chi connectivity index (χ0) is 24.6. The van der Waals surface area contributed by atoms with Gasteiger partial charge in [0.15, 0.2) is 6.61 Å². The summed E-state index contributed by atoms with van der Waals surface area (Å²) in [7, 11) is 0. The van der Waals surface area contributed by atoms with Crippen LogP contribution in [0.2, 0.25) is 20.1 Å². The SMILES string of the molecule is Cc1cccc(NC(=O)COC(=O)[C@H](C(C)C)N2C(=O)c3c(Cl)c(Cl)c(Cl)c(Cl)c3C2=O)c1. The number of nitrogens with one attached hydrogen (secondary N) is 1. The van der Waals surface area contributed by atoms with Gasteiger partial charge >= 0.3 is 5.97 Å². The van der Waals surface area contributed by atoms with Crippen LogP contribution >= 0.6 is 46.4 Å². The van der Waals surface area contributed by atoms with Gasteiger partial charge in [0, 0.05) is 5.69 Å². The number of hydrogen-bond acceptors (Lipinski definition) is 5. The third-order valence-electron chi connectivity index (χ3n) is 4.93. The van der Waals surface area contributed by atoms with Crippen molar-refractivity contribution in [2.45, 2.75) is 26.8 Å². The first-order valence-corrected chi connectivity index (χ1v) is 11.2. The number of anilines is 1. The van der Waals surface area contributed by atoms with Gasteiger partial charge in [-0.2, -0.15) is 0 Å².